The second-order valence-electron chi connectivity index (χ2n) is 10.4. The Morgan fingerprint density at radius 3 is 2.33 bits per heavy atom. The van der Waals surface area contributed by atoms with E-state index in [1.54, 1.807) is 37.4 Å². The molecule has 4 aromatic carbocycles. The highest BCUT2D eigenvalue weighted by molar-refractivity contribution is 9.10. The number of carbonyl (C=O) groups is 1. The number of hydrazine groups is 1. The fourth-order valence-corrected chi connectivity index (χ4v) is 5.74. The number of rotatable bonds is 13. The first-order chi connectivity index (χ1) is 21.8. The van der Waals surface area contributed by atoms with Gasteiger partial charge in [0.1, 0.15) is 11.5 Å². The van der Waals surface area contributed by atoms with E-state index in [0.717, 1.165) is 21.3 Å². The summed E-state index contributed by atoms with van der Waals surface area (Å²) in [5, 5.41) is 9.88. The van der Waals surface area contributed by atoms with Crippen LogP contribution < -0.4 is 20.3 Å². The summed E-state index contributed by atoms with van der Waals surface area (Å²) in [7, 11) is 1.61. The predicted molar refractivity (Wildman–Crippen MR) is 179 cm³/mol. The molecule has 0 radical (unpaired) electrons. The lowest BCUT2D eigenvalue weighted by atomic mass is 9.82. The van der Waals surface area contributed by atoms with Gasteiger partial charge in [-0.3, -0.25) is 10.2 Å². The zero-order valence-corrected chi connectivity index (χ0v) is 27.5. The Hall–Kier alpha value is -3.60. The topological polar surface area (TPSA) is 101 Å². The molecule has 1 aliphatic heterocycles. The molecule has 2 atom stereocenters. The van der Waals surface area contributed by atoms with E-state index in [4.69, 9.17) is 47.5 Å². The predicted octanol–water partition coefficient (Wildman–Crippen LogP) is 6.85. The van der Waals surface area contributed by atoms with Gasteiger partial charge in [0.2, 0.25) is 5.90 Å². The smallest absolute Gasteiger partial charge is 0.266 e. The van der Waals surface area contributed by atoms with Gasteiger partial charge in [0, 0.05) is 51.6 Å². The number of ether oxygens (including phenoxy) is 3. The van der Waals surface area contributed by atoms with E-state index in [0.29, 0.717) is 46.5 Å². The number of nitrogens with one attached hydrogen (secondary N) is 2. The van der Waals surface area contributed by atoms with Gasteiger partial charge in [0.25, 0.3) is 5.91 Å². The average Bonchev–Trinajstić information content (AvgIpc) is 3.43. The van der Waals surface area contributed by atoms with Crippen molar-refractivity contribution in [3.05, 3.63) is 128 Å². The fourth-order valence-electron chi connectivity index (χ4n) is 4.97. The first kappa shape index (κ1) is 32.8. The normalized spacial score (nSPS) is 17.4. The highest BCUT2D eigenvalue weighted by atomic mass is 79.9. The van der Waals surface area contributed by atoms with Crippen LogP contribution >= 0.6 is 39.1 Å². The van der Waals surface area contributed by atoms with Gasteiger partial charge < -0.3 is 19.3 Å². The summed E-state index contributed by atoms with van der Waals surface area (Å²) in [6.45, 7) is 0.810. The van der Waals surface area contributed by atoms with Crippen molar-refractivity contribution in [3.8, 4) is 11.5 Å². The number of aliphatic hydroxyl groups is 1. The van der Waals surface area contributed by atoms with E-state index in [-0.39, 0.29) is 18.9 Å². The molecule has 1 aliphatic rings. The third-order valence-corrected chi connectivity index (χ3v) is 8.41. The average molecular weight is 713 g/mol. The highest BCUT2D eigenvalue weighted by Gasteiger charge is 2.54. The maximum atomic E-state index is 14.4. The largest absolute Gasteiger partial charge is 0.497 e. The Bertz CT molecular complexity index is 1640. The van der Waals surface area contributed by atoms with E-state index in [2.05, 4.69) is 26.8 Å². The van der Waals surface area contributed by atoms with Crippen molar-refractivity contribution in [3.63, 3.8) is 0 Å². The van der Waals surface area contributed by atoms with Crippen LogP contribution in [0.1, 0.15) is 34.8 Å². The van der Waals surface area contributed by atoms with Crippen LogP contribution in [0.4, 0.5) is 0 Å². The van der Waals surface area contributed by atoms with Crippen LogP contribution in [-0.2, 0) is 22.5 Å². The number of benzene rings is 4. The summed E-state index contributed by atoms with van der Waals surface area (Å²) >= 11 is 16.5. The van der Waals surface area contributed by atoms with Gasteiger partial charge in [-0.15, -0.1) is 0 Å². The molecule has 0 saturated carbocycles. The molecular formula is C34H32BrCl2N3O5. The quantitative estimate of drug-likeness (QED) is 0.104. The minimum Gasteiger partial charge on any atom is -0.497 e. The summed E-state index contributed by atoms with van der Waals surface area (Å²) in [6, 6.07) is 27.6. The molecule has 0 aliphatic carbocycles. The number of methoxy groups -OCH3 is 1. The molecule has 0 spiro atoms. The summed E-state index contributed by atoms with van der Waals surface area (Å²) in [5.74, 6) is 1.28. The Kier molecular flexibility index (Phi) is 11.0. The minimum atomic E-state index is -1.45. The van der Waals surface area contributed by atoms with Crippen LogP contribution in [0, 0.1) is 0 Å². The van der Waals surface area contributed by atoms with Gasteiger partial charge >= 0.3 is 0 Å². The summed E-state index contributed by atoms with van der Waals surface area (Å²) in [6.07, 6.45) is -0.142. The van der Waals surface area contributed by atoms with Crippen LogP contribution in [0.15, 0.2) is 100 Å². The molecule has 45 heavy (non-hydrogen) atoms. The lowest BCUT2D eigenvalue weighted by Crippen LogP contribution is -2.53. The van der Waals surface area contributed by atoms with E-state index in [9.17, 15) is 4.79 Å². The first-order valence-corrected chi connectivity index (χ1v) is 15.8. The molecule has 5 rings (SSSR count). The SMILES string of the molecule is COc1ccc(CNNC(=O)[C@@]2(Cc3ccc(Br)cc3)N=C(c3ccc(OCCCO)cc3)O[C@H]2c2ccc(Cl)cc2Cl)cc1. The minimum absolute atomic E-state index is 0.0504. The van der Waals surface area contributed by atoms with Crippen LogP contribution in [0.5, 0.6) is 11.5 Å². The maximum Gasteiger partial charge on any atom is 0.266 e. The first-order valence-electron chi connectivity index (χ1n) is 14.3. The Morgan fingerprint density at radius 2 is 1.67 bits per heavy atom. The number of hydrogen-bond donors (Lipinski definition) is 3. The van der Waals surface area contributed by atoms with E-state index in [1.807, 2.05) is 60.7 Å². The number of nitrogens with zero attached hydrogens (tertiary/aromatic N) is 1. The second-order valence-corrected chi connectivity index (χ2v) is 12.2. The van der Waals surface area contributed by atoms with Crippen LogP contribution in [0.2, 0.25) is 10.0 Å². The fraction of sp³-hybridized carbons (Fsp3) is 0.235. The lowest BCUT2D eigenvalue weighted by molar-refractivity contribution is -0.130. The molecule has 0 bridgehead atoms. The number of halogens is 3. The van der Waals surface area contributed by atoms with Gasteiger partial charge in [-0.2, -0.15) is 0 Å². The van der Waals surface area contributed by atoms with Crippen molar-refractivity contribution in [1.29, 1.82) is 0 Å². The van der Waals surface area contributed by atoms with Crippen molar-refractivity contribution in [2.24, 2.45) is 4.99 Å². The molecule has 234 valence electrons. The van der Waals surface area contributed by atoms with Crippen LogP contribution in [0.25, 0.3) is 0 Å². The van der Waals surface area contributed by atoms with Gasteiger partial charge in [0.05, 0.1) is 13.7 Å². The number of hydrogen-bond acceptors (Lipinski definition) is 7. The number of aliphatic hydroxyl groups excluding tert-OH is 1. The molecular weight excluding hydrogens is 681 g/mol. The van der Waals surface area contributed by atoms with Crippen LogP contribution in [0.3, 0.4) is 0 Å². The van der Waals surface area contributed by atoms with E-state index >= 15 is 0 Å². The molecule has 0 unspecified atom stereocenters. The number of carbonyl (C=O) groups excluding carboxylic acids is 1. The summed E-state index contributed by atoms with van der Waals surface area (Å²) in [4.78, 5) is 19.4. The van der Waals surface area contributed by atoms with Crippen molar-refractivity contribution in [1.82, 2.24) is 10.9 Å². The molecule has 1 heterocycles. The Balaban J connectivity index is 1.52. The van der Waals surface area contributed by atoms with Crippen molar-refractivity contribution in [2.45, 2.75) is 31.0 Å². The molecule has 3 N–H and O–H groups in total. The van der Waals surface area contributed by atoms with Gasteiger partial charge in [-0.1, -0.05) is 69.5 Å². The molecule has 11 heteroatoms. The number of amides is 1. The van der Waals surface area contributed by atoms with Crippen LogP contribution in [-0.4, -0.2) is 42.8 Å². The maximum absolute atomic E-state index is 14.4. The highest BCUT2D eigenvalue weighted by Crippen LogP contribution is 2.45. The summed E-state index contributed by atoms with van der Waals surface area (Å²) < 4.78 is 18.4. The zero-order chi connectivity index (χ0) is 31.8. The van der Waals surface area contributed by atoms with E-state index in [1.165, 1.54) is 0 Å². The molecule has 0 aromatic heterocycles. The second kappa shape index (κ2) is 15.1. The van der Waals surface area contributed by atoms with Gasteiger partial charge in [-0.05, 0) is 71.8 Å². The van der Waals surface area contributed by atoms with Gasteiger partial charge in [-0.25, -0.2) is 10.4 Å². The third-order valence-electron chi connectivity index (χ3n) is 7.32. The van der Waals surface area contributed by atoms with E-state index < -0.39 is 17.6 Å². The lowest BCUT2D eigenvalue weighted by Gasteiger charge is -2.31. The monoisotopic (exact) mass is 711 g/mol. The summed E-state index contributed by atoms with van der Waals surface area (Å²) in [5.41, 5.74) is 7.55. The van der Waals surface area contributed by atoms with Crippen molar-refractivity contribution >= 4 is 50.9 Å². The van der Waals surface area contributed by atoms with Crippen molar-refractivity contribution in [2.75, 3.05) is 20.3 Å². The molecule has 1 amide bonds. The van der Waals surface area contributed by atoms with Gasteiger partial charge in [0.15, 0.2) is 11.6 Å². The Labute approximate surface area is 280 Å². The van der Waals surface area contributed by atoms with Crippen molar-refractivity contribution < 1.29 is 24.1 Å². The number of aliphatic imine (C=N–C) groups is 1. The standard InChI is InChI=1S/C34H32BrCl2N3O5/c1-43-27-12-5-23(6-13-27)21-38-40-33(42)34(20-22-3-9-25(35)10-4-22)31(29-16-11-26(36)19-30(29)37)45-32(39-34)24-7-14-28(15-8-24)44-18-2-17-41/h3-16,19,31,38,41H,2,17-18,20-21H2,1H3,(H,40,42)/t31-,34-/m0/s1. The third kappa shape index (κ3) is 7.98. The molecule has 0 saturated heterocycles. The zero-order valence-electron chi connectivity index (χ0n) is 24.4. The molecule has 0 fully saturated rings. The molecule has 4 aromatic rings. The Morgan fingerprint density at radius 1 is 0.978 bits per heavy atom. The molecule has 8 nitrogen and oxygen atoms in total.